The molecule has 10 nitrogen and oxygen atoms in total. The number of rotatable bonds is 11. The van der Waals surface area contributed by atoms with Gasteiger partial charge in [-0.1, -0.05) is 24.3 Å². The van der Waals surface area contributed by atoms with Crippen molar-refractivity contribution in [2.45, 2.75) is 91.1 Å². The zero-order chi connectivity index (χ0) is 31.7. The molecule has 3 amide bonds. The smallest absolute Gasteiger partial charge is 0.408 e. The number of alkyl carbamates (subject to hydrolysis) is 1. The van der Waals surface area contributed by atoms with Crippen LogP contribution in [-0.4, -0.2) is 71.1 Å². The van der Waals surface area contributed by atoms with Crippen LogP contribution in [0.2, 0.25) is 0 Å². The molecule has 2 atom stereocenters. The van der Waals surface area contributed by atoms with Crippen molar-refractivity contribution < 1.29 is 23.9 Å². The molecule has 0 saturated carbocycles. The second kappa shape index (κ2) is 14.9. The number of nitrogens with zero attached hydrogens (tertiary/aromatic N) is 3. The Labute approximate surface area is 255 Å². The van der Waals surface area contributed by atoms with Crippen LogP contribution in [0.3, 0.4) is 0 Å². The van der Waals surface area contributed by atoms with Gasteiger partial charge in [-0.2, -0.15) is 5.26 Å². The number of carbonyl (C=O) groups excluding carboxylic acids is 3. The number of hydrogen-bond donors (Lipinski definition) is 2. The normalized spacial score (nSPS) is 15.5. The van der Waals surface area contributed by atoms with Crippen LogP contribution in [0.15, 0.2) is 48.5 Å². The van der Waals surface area contributed by atoms with Gasteiger partial charge in [0.25, 0.3) is 0 Å². The van der Waals surface area contributed by atoms with E-state index in [9.17, 15) is 19.6 Å². The fourth-order valence-corrected chi connectivity index (χ4v) is 5.27. The van der Waals surface area contributed by atoms with E-state index in [1.165, 1.54) is 4.90 Å². The van der Waals surface area contributed by atoms with Gasteiger partial charge in [-0.3, -0.25) is 14.5 Å². The molecule has 0 spiro atoms. The van der Waals surface area contributed by atoms with Crippen LogP contribution in [0.1, 0.15) is 72.1 Å². The third-order valence-electron chi connectivity index (χ3n) is 7.13. The second-order valence-electron chi connectivity index (χ2n) is 12.2. The van der Waals surface area contributed by atoms with Crippen LogP contribution in [-0.2, 0) is 20.7 Å². The predicted octanol–water partition coefficient (Wildman–Crippen LogP) is 4.95. The predicted molar refractivity (Wildman–Crippen MR) is 164 cm³/mol. The number of para-hydroxylation sites is 1. The molecule has 1 aliphatic heterocycles. The maximum Gasteiger partial charge on any atom is 0.408 e. The largest absolute Gasteiger partial charge is 0.457 e. The number of fused-ring (bicyclic) bond motifs is 1. The number of amides is 3. The van der Waals surface area contributed by atoms with Crippen molar-refractivity contribution in [1.82, 2.24) is 20.4 Å². The summed E-state index contributed by atoms with van der Waals surface area (Å²) in [4.78, 5) is 44.0. The lowest BCUT2D eigenvalue weighted by Crippen LogP contribution is -2.55. The first-order valence-corrected chi connectivity index (χ1v) is 14.9. The van der Waals surface area contributed by atoms with Gasteiger partial charge in [-0.05, 0) is 90.3 Å². The van der Waals surface area contributed by atoms with Crippen LogP contribution >= 0.6 is 0 Å². The van der Waals surface area contributed by atoms with Crippen LogP contribution in [0, 0.1) is 11.3 Å². The average Bonchev–Trinajstić information content (AvgIpc) is 2.93. The highest BCUT2D eigenvalue weighted by Crippen LogP contribution is 2.34. The van der Waals surface area contributed by atoms with E-state index in [0.29, 0.717) is 48.7 Å². The van der Waals surface area contributed by atoms with Gasteiger partial charge in [-0.15, -0.1) is 0 Å². The Morgan fingerprint density at radius 3 is 2.33 bits per heavy atom. The Bertz CT molecular complexity index is 1290. The summed E-state index contributed by atoms with van der Waals surface area (Å²) >= 11 is 0. The van der Waals surface area contributed by atoms with E-state index in [1.807, 2.05) is 48.5 Å². The first kappa shape index (κ1) is 33.4. The number of hydrogen-bond acceptors (Lipinski definition) is 7. The second-order valence-corrected chi connectivity index (χ2v) is 12.2. The highest BCUT2D eigenvalue weighted by atomic mass is 16.6. The summed E-state index contributed by atoms with van der Waals surface area (Å²) < 4.78 is 11.4. The Hall–Kier alpha value is -4.10. The quantitative estimate of drug-likeness (QED) is 0.379. The molecular weight excluding hydrogens is 546 g/mol. The Kier molecular flexibility index (Phi) is 11.6. The Morgan fingerprint density at radius 2 is 1.72 bits per heavy atom. The Balaban J connectivity index is 1.90. The molecule has 1 heterocycles. The minimum absolute atomic E-state index is 0.223. The molecule has 0 fully saturated rings. The van der Waals surface area contributed by atoms with Crippen molar-refractivity contribution in [3.8, 4) is 17.6 Å². The maximum atomic E-state index is 13.9. The van der Waals surface area contributed by atoms with Crippen LogP contribution in [0.4, 0.5) is 4.79 Å². The molecule has 0 aliphatic carbocycles. The summed E-state index contributed by atoms with van der Waals surface area (Å²) in [5.74, 6) is 0.472. The van der Waals surface area contributed by atoms with Crippen LogP contribution in [0.25, 0.3) is 0 Å². The molecule has 43 heavy (non-hydrogen) atoms. The monoisotopic (exact) mass is 591 g/mol. The lowest BCUT2D eigenvalue weighted by Gasteiger charge is -2.38. The topological polar surface area (TPSA) is 124 Å². The van der Waals surface area contributed by atoms with Crippen molar-refractivity contribution >= 4 is 17.9 Å². The van der Waals surface area contributed by atoms with E-state index < -0.39 is 29.7 Å². The summed E-state index contributed by atoms with van der Waals surface area (Å²) in [5.41, 5.74) is 0.784. The fourth-order valence-electron chi connectivity index (χ4n) is 5.27. The summed E-state index contributed by atoms with van der Waals surface area (Å²) in [5, 5.41) is 15.0. The molecule has 2 aromatic rings. The number of ether oxygens (including phenoxy) is 2. The van der Waals surface area contributed by atoms with Gasteiger partial charge in [0.05, 0.1) is 12.5 Å². The highest BCUT2D eigenvalue weighted by Gasteiger charge is 2.39. The zero-order valence-corrected chi connectivity index (χ0v) is 26.3. The molecule has 2 unspecified atom stereocenters. The molecule has 2 aromatic carbocycles. The van der Waals surface area contributed by atoms with E-state index in [-0.39, 0.29) is 18.9 Å². The van der Waals surface area contributed by atoms with E-state index in [4.69, 9.17) is 9.47 Å². The first-order chi connectivity index (χ1) is 20.3. The third-order valence-corrected chi connectivity index (χ3v) is 7.13. The number of nitrogens with one attached hydrogen (secondary N) is 2. The minimum atomic E-state index is -1.17. The third kappa shape index (κ3) is 9.45. The zero-order valence-electron chi connectivity index (χ0n) is 26.3. The molecule has 0 aromatic heterocycles. The highest BCUT2D eigenvalue weighted by molar-refractivity contribution is 5.93. The molecule has 232 valence electrons. The van der Waals surface area contributed by atoms with E-state index in [1.54, 1.807) is 26.8 Å². The standard InChI is InChI=1S/C33H45N5O5/c1-22(2)37(23(3)4)20-18-35-30(39)29-27-14-13-26(42-25-11-9-8-10-12-25)21-24(27)16-19-38(29)31(40)28(15-17-34)36-32(41)43-33(5,6)7/h8-14,21-23,28-29H,15-16,18-20H2,1-7H3,(H,35,39)(H,36,41). The van der Waals surface area contributed by atoms with Gasteiger partial charge in [0.1, 0.15) is 29.2 Å². The van der Waals surface area contributed by atoms with Gasteiger partial charge in [0.2, 0.25) is 11.8 Å². The molecule has 0 bridgehead atoms. The molecule has 0 saturated heterocycles. The molecule has 3 rings (SSSR count). The minimum Gasteiger partial charge on any atom is -0.457 e. The van der Waals surface area contributed by atoms with Gasteiger partial charge < -0.3 is 25.0 Å². The lowest BCUT2D eigenvalue weighted by molar-refractivity contribution is -0.143. The van der Waals surface area contributed by atoms with E-state index in [0.717, 1.165) is 5.56 Å². The van der Waals surface area contributed by atoms with Crippen molar-refractivity contribution in [2.24, 2.45) is 0 Å². The molecular formula is C33H45N5O5. The molecule has 0 radical (unpaired) electrons. The molecule has 1 aliphatic rings. The van der Waals surface area contributed by atoms with Gasteiger partial charge in [0.15, 0.2) is 0 Å². The van der Waals surface area contributed by atoms with Crippen molar-refractivity contribution in [1.29, 1.82) is 5.26 Å². The van der Waals surface area contributed by atoms with Crippen molar-refractivity contribution in [3.05, 3.63) is 59.7 Å². The van der Waals surface area contributed by atoms with E-state index >= 15 is 0 Å². The van der Waals surface area contributed by atoms with E-state index in [2.05, 4.69) is 43.2 Å². The number of carbonyl (C=O) groups is 3. The summed E-state index contributed by atoms with van der Waals surface area (Å²) in [6.07, 6.45) is -0.598. The fraction of sp³-hybridized carbons (Fsp3) is 0.515. The Morgan fingerprint density at radius 1 is 1.05 bits per heavy atom. The van der Waals surface area contributed by atoms with Crippen LogP contribution in [0.5, 0.6) is 11.5 Å². The summed E-state index contributed by atoms with van der Waals surface area (Å²) in [6.45, 7) is 14.9. The summed E-state index contributed by atoms with van der Waals surface area (Å²) in [7, 11) is 0. The average molecular weight is 592 g/mol. The number of benzene rings is 2. The first-order valence-electron chi connectivity index (χ1n) is 14.9. The van der Waals surface area contributed by atoms with Gasteiger partial charge in [-0.25, -0.2) is 4.79 Å². The molecule has 10 heteroatoms. The SMILES string of the molecule is CC(C)N(CCNC(=O)C1c2ccc(Oc3ccccc3)cc2CCN1C(=O)C(CC#N)NC(=O)OC(C)(C)C)C(C)C. The van der Waals surface area contributed by atoms with Crippen molar-refractivity contribution in [2.75, 3.05) is 19.6 Å². The van der Waals surface area contributed by atoms with Gasteiger partial charge in [0, 0.05) is 31.7 Å². The molecule has 2 N–H and O–H groups in total. The van der Waals surface area contributed by atoms with Crippen molar-refractivity contribution in [3.63, 3.8) is 0 Å². The maximum absolute atomic E-state index is 13.9. The summed E-state index contributed by atoms with van der Waals surface area (Å²) in [6, 6.07) is 15.4. The van der Waals surface area contributed by atoms with Crippen LogP contribution < -0.4 is 15.4 Å². The number of nitriles is 1. The van der Waals surface area contributed by atoms with Gasteiger partial charge >= 0.3 is 6.09 Å². The lowest BCUT2D eigenvalue weighted by atomic mass is 9.90.